The highest BCUT2D eigenvalue weighted by molar-refractivity contribution is 7.58. The zero-order chi connectivity index (χ0) is 12.6. The second kappa shape index (κ2) is 8.02. The molecule has 0 amide bonds. The Hall–Kier alpha value is -0.150. The van der Waals surface area contributed by atoms with Gasteiger partial charge in [0.2, 0.25) is 7.37 Å². The van der Waals surface area contributed by atoms with Crippen LogP contribution in [0.2, 0.25) is 0 Å². The summed E-state index contributed by atoms with van der Waals surface area (Å²) < 4.78 is 27.5. The predicted molar refractivity (Wildman–Crippen MR) is 66.2 cm³/mol. The molecule has 16 heavy (non-hydrogen) atoms. The summed E-state index contributed by atoms with van der Waals surface area (Å²) in [6.07, 6.45) is 2.64. The molecule has 0 saturated carbocycles. The molecule has 0 rings (SSSR count). The van der Waals surface area contributed by atoms with Gasteiger partial charge in [0.1, 0.15) is 0 Å². The SMILES string of the molecule is CCP(=O)(CC)OCC=C(C)C(OC)OC. The summed E-state index contributed by atoms with van der Waals surface area (Å²) in [5.74, 6) is 0. The first-order valence-electron chi connectivity index (χ1n) is 5.47. The van der Waals surface area contributed by atoms with E-state index >= 15 is 0 Å². The first-order valence-corrected chi connectivity index (χ1v) is 7.47. The summed E-state index contributed by atoms with van der Waals surface area (Å²) >= 11 is 0. The molecular formula is C11H23O4P. The van der Waals surface area contributed by atoms with E-state index in [-0.39, 0.29) is 6.29 Å². The molecule has 0 aromatic carbocycles. The highest BCUT2D eigenvalue weighted by Crippen LogP contribution is 2.45. The van der Waals surface area contributed by atoms with Crippen LogP contribution in [0.1, 0.15) is 20.8 Å². The Morgan fingerprint density at radius 2 is 1.75 bits per heavy atom. The molecule has 0 aliphatic heterocycles. The third-order valence-electron chi connectivity index (χ3n) is 2.48. The van der Waals surface area contributed by atoms with E-state index in [0.29, 0.717) is 18.9 Å². The average Bonchev–Trinajstić information content (AvgIpc) is 2.30. The van der Waals surface area contributed by atoms with Crippen LogP contribution in [0.4, 0.5) is 0 Å². The van der Waals surface area contributed by atoms with Crippen LogP contribution in [-0.4, -0.2) is 39.4 Å². The van der Waals surface area contributed by atoms with E-state index in [4.69, 9.17) is 14.0 Å². The van der Waals surface area contributed by atoms with E-state index in [2.05, 4.69) is 0 Å². The van der Waals surface area contributed by atoms with E-state index < -0.39 is 7.37 Å². The predicted octanol–water partition coefficient (Wildman–Crippen LogP) is 2.89. The lowest BCUT2D eigenvalue weighted by Gasteiger charge is -2.16. The van der Waals surface area contributed by atoms with Gasteiger partial charge in [-0.2, -0.15) is 0 Å². The van der Waals surface area contributed by atoms with Crippen molar-refractivity contribution in [1.82, 2.24) is 0 Å². The van der Waals surface area contributed by atoms with Gasteiger partial charge in [0.15, 0.2) is 6.29 Å². The van der Waals surface area contributed by atoms with E-state index in [9.17, 15) is 4.57 Å². The molecule has 0 aliphatic rings. The molecule has 0 atom stereocenters. The molecule has 0 spiro atoms. The van der Waals surface area contributed by atoms with Gasteiger partial charge in [-0.1, -0.05) is 19.9 Å². The number of hydrogen-bond donors (Lipinski definition) is 0. The standard InChI is InChI=1S/C11H23O4P/c1-6-16(12,7-2)15-9-8-10(3)11(13-4)14-5/h8,11H,6-7,9H2,1-5H3. The highest BCUT2D eigenvalue weighted by atomic mass is 31.2. The van der Waals surface area contributed by atoms with Crippen molar-refractivity contribution in [1.29, 1.82) is 0 Å². The fourth-order valence-corrected chi connectivity index (χ4v) is 2.43. The maximum atomic E-state index is 11.9. The molecule has 4 nitrogen and oxygen atoms in total. The molecule has 0 unspecified atom stereocenters. The van der Waals surface area contributed by atoms with E-state index in [1.807, 2.05) is 26.8 Å². The summed E-state index contributed by atoms with van der Waals surface area (Å²) in [6, 6.07) is 0. The van der Waals surface area contributed by atoms with Gasteiger partial charge in [-0.25, -0.2) is 0 Å². The van der Waals surface area contributed by atoms with Crippen molar-refractivity contribution in [3.63, 3.8) is 0 Å². The monoisotopic (exact) mass is 250 g/mol. The summed E-state index contributed by atoms with van der Waals surface area (Å²) in [4.78, 5) is 0. The molecule has 0 aliphatic carbocycles. The number of methoxy groups -OCH3 is 2. The zero-order valence-electron chi connectivity index (χ0n) is 10.9. The van der Waals surface area contributed by atoms with Gasteiger partial charge < -0.3 is 14.0 Å². The van der Waals surface area contributed by atoms with E-state index in [1.54, 1.807) is 14.2 Å². The molecule has 0 radical (unpaired) electrons. The Morgan fingerprint density at radius 3 is 2.12 bits per heavy atom. The molecule has 0 aromatic rings. The number of ether oxygens (including phenoxy) is 2. The van der Waals surface area contributed by atoms with Crippen molar-refractivity contribution in [2.75, 3.05) is 33.2 Å². The summed E-state index contributed by atoms with van der Waals surface area (Å²) in [5, 5.41) is 0. The number of hydrogen-bond acceptors (Lipinski definition) is 4. The Kier molecular flexibility index (Phi) is 7.94. The minimum atomic E-state index is -2.41. The van der Waals surface area contributed by atoms with Gasteiger partial charge >= 0.3 is 0 Å². The zero-order valence-corrected chi connectivity index (χ0v) is 11.8. The topological polar surface area (TPSA) is 44.8 Å². The average molecular weight is 250 g/mol. The fourth-order valence-electron chi connectivity index (χ4n) is 1.27. The maximum Gasteiger partial charge on any atom is 0.202 e. The fraction of sp³-hybridized carbons (Fsp3) is 0.818. The van der Waals surface area contributed by atoms with Crippen molar-refractivity contribution >= 4 is 7.37 Å². The largest absolute Gasteiger partial charge is 0.352 e. The van der Waals surface area contributed by atoms with Gasteiger partial charge in [-0.15, -0.1) is 0 Å². The van der Waals surface area contributed by atoms with Crippen molar-refractivity contribution in [3.8, 4) is 0 Å². The van der Waals surface area contributed by atoms with Crippen LogP contribution in [-0.2, 0) is 18.6 Å². The lowest BCUT2D eigenvalue weighted by molar-refractivity contribution is -0.0749. The van der Waals surface area contributed by atoms with Gasteiger partial charge in [0, 0.05) is 26.5 Å². The molecule has 0 heterocycles. The van der Waals surface area contributed by atoms with Crippen molar-refractivity contribution in [2.24, 2.45) is 0 Å². The molecule has 0 saturated heterocycles. The minimum absolute atomic E-state index is 0.341. The lowest BCUT2D eigenvalue weighted by atomic mass is 10.3. The second-order valence-corrected chi connectivity index (χ2v) is 6.65. The van der Waals surface area contributed by atoms with Gasteiger partial charge in [0.05, 0.1) is 6.61 Å². The summed E-state index contributed by atoms with van der Waals surface area (Å²) in [7, 11) is 0.747. The first kappa shape index (κ1) is 15.9. The van der Waals surface area contributed by atoms with Crippen LogP contribution in [0.25, 0.3) is 0 Å². The van der Waals surface area contributed by atoms with E-state index in [0.717, 1.165) is 5.57 Å². The third-order valence-corrected chi connectivity index (χ3v) is 5.03. The molecule has 0 fully saturated rings. The molecule has 5 heteroatoms. The molecular weight excluding hydrogens is 227 g/mol. The first-order chi connectivity index (χ1) is 7.52. The molecule has 0 bridgehead atoms. The van der Waals surface area contributed by atoms with Crippen molar-refractivity contribution in [3.05, 3.63) is 11.6 Å². The summed E-state index contributed by atoms with van der Waals surface area (Å²) in [6.45, 7) is 6.00. The van der Waals surface area contributed by atoms with Crippen LogP contribution < -0.4 is 0 Å². The maximum absolute atomic E-state index is 11.9. The Labute approximate surface area is 98.4 Å². The third kappa shape index (κ3) is 5.26. The van der Waals surface area contributed by atoms with Crippen molar-refractivity contribution in [2.45, 2.75) is 27.1 Å². The minimum Gasteiger partial charge on any atom is -0.352 e. The number of rotatable bonds is 8. The summed E-state index contributed by atoms with van der Waals surface area (Å²) in [5.41, 5.74) is 0.920. The van der Waals surface area contributed by atoms with Gasteiger partial charge in [-0.05, 0) is 12.5 Å². The van der Waals surface area contributed by atoms with Crippen LogP contribution in [0, 0.1) is 0 Å². The highest BCUT2D eigenvalue weighted by Gasteiger charge is 2.16. The molecule has 0 N–H and O–H groups in total. The van der Waals surface area contributed by atoms with Gasteiger partial charge in [0.25, 0.3) is 0 Å². The Bertz CT molecular complexity index is 251. The molecule has 96 valence electrons. The van der Waals surface area contributed by atoms with Crippen LogP contribution in [0.3, 0.4) is 0 Å². The van der Waals surface area contributed by atoms with Crippen LogP contribution >= 0.6 is 7.37 Å². The second-order valence-electron chi connectivity index (χ2n) is 3.49. The van der Waals surface area contributed by atoms with Gasteiger partial charge in [-0.3, -0.25) is 4.57 Å². The Morgan fingerprint density at radius 1 is 1.25 bits per heavy atom. The van der Waals surface area contributed by atoms with Crippen LogP contribution in [0.5, 0.6) is 0 Å². The molecule has 0 aromatic heterocycles. The quantitative estimate of drug-likeness (QED) is 0.377. The Balaban J connectivity index is 4.23. The normalized spacial score (nSPS) is 13.5. The van der Waals surface area contributed by atoms with Crippen LogP contribution in [0.15, 0.2) is 11.6 Å². The smallest absolute Gasteiger partial charge is 0.202 e. The lowest BCUT2D eigenvalue weighted by Crippen LogP contribution is -2.14. The van der Waals surface area contributed by atoms with Crippen molar-refractivity contribution < 1.29 is 18.6 Å². The van der Waals surface area contributed by atoms with E-state index in [1.165, 1.54) is 0 Å².